The molecule has 3 rings (SSSR count). The van der Waals surface area contributed by atoms with E-state index in [-0.39, 0.29) is 11.7 Å². The van der Waals surface area contributed by atoms with Gasteiger partial charge in [0.25, 0.3) is 0 Å². The molecule has 98 valence electrons. The Morgan fingerprint density at radius 3 is 2.79 bits per heavy atom. The highest BCUT2D eigenvalue weighted by Gasteiger charge is 2.29. The van der Waals surface area contributed by atoms with Gasteiger partial charge in [-0.15, -0.1) is 0 Å². The summed E-state index contributed by atoms with van der Waals surface area (Å²) in [6.07, 6.45) is 2.59. The van der Waals surface area contributed by atoms with E-state index in [1.165, 1.54) is 0 Å². The Hall–Kier alpha value is -2.14. The van der Waals surface area contributed by atoms with Crippen molar-refractivity contribution in [2.45, 2.75) is 25.3 Å². The molecule has 19 heavy (non-hydrogen) atoms. The molecule has 0 amide bonds. The highest BCUT2D eigenvalue weighted by molar-refractivity contribution is 5.88. The second-order valence-corrected chi connectivity index (χ2v) is 4.76. The minimum Gasteiger partial charge on any atom is -0.476 e. The lowest BCUT2D eigenvalue weighted by molar-refractivity contribution is 0.0688. The van der Waals surface area contributed by atoms with Crippen LogP contribution in [0.5, 0.6) is 0 Å². The van der Waals surface area contributed by atoms with Crippen molar-refractivity contribution in [1.82, 2.24) is 9.78 Å². The van der Waals surface area contributed by atoms with Crippen LogP contribution < -0.4 is 5.73 Å². The van der Waals surface area contributed by atoms with Gasteiger partial charge in [0, 0.05) is 17.3 Å². The first-order valence-corrected chi connectivity index (χ1v) is 6.34. The lowest BCUT2D eigenvalue weighted by Crippen LogP contribution is -2.20. The molecule has 5 nitrogen and oxygen atoms in total. The number of carboxylic acids is 1. The van der Waals surface area contributed by atoms with Crippen LogP contribution in [0.1, 0.15) is 40.6 Å². The molecular formula is C14H15N3O2. The average molecular weight is 257 g/mol. The largest absolute Gasteiger partial charge is 0.476 e. The normalized spacial score (nSPS) is 18.1. The highest BCUT2D eigenvalue weighted by Crippen LogP contribution is 2.32. The minimum atomic E-state index is -1.01. The molecule has 0 bridgehead atoms. The number of hydrogen-bond donors (Lipinski definition) is 2. The molecule has 5 heteroatoms. The van der Waals surface area contributed by atoms with Crippen LogP contribution in [0.25, 0.3) is 5.69 Å². The summed E-state index contributed by atoms with van der Waals surface area (Å²) in [6, 6.07) is 9.34. The number of nitrogens with two attached hydrogens (primary N) is 1. The standard InChI is InChI=1S/C14H15N3O2/c15-10-7-4-8-11-12(10)13(14(18)19)16-17(11)9-5-2-1-3-6-9/h1-3,5-6,10H,4,7-8,15H2,(H,18,19). The van der Waals surface area contributed by atoms with Gasteiger partial charge in [-0.1, -0.05) is 18.2 Å². The average Bonchev–Trinajstić information content (AvgIpc) is 2.81. The number of para-hydroxylation sites is 1. The fourth-order valence-electron chi connectivity index (χ4n) is 2.67. The Labute approximate surface area is 110 Å². The quantitative estimate of drug-likeness (QED) is 0.861. The summed E-state index contributed by atoms with van der Waals surface area (Å²) < 4.78 is 1.72. The maximum Gasteiger partial charge on any atom is 0.356 e. The first-order chi connectivity index (χ1) is 9.18. The molecule has 0 saturated carbocycles. The Morgan fingerprint density at radius 2 is 2.11 bits per heavy atom. The second kappa shape index (κ2) is 4.51. The smallest absolute Gasteiger partial charge is 0.356 e. The predicted molar refractivity (Wildman–Crippen MR) is 70.4 cm³/mol. The second-order valence-electron chi connectivity index (χ2n) is 4.76. The fraction of sp³-hybridized carbons (Fsp3) is 0.286. The van der Waals surface area contributed by atoms with Crippen LogP contribution in [0.3, 0.4) is 0 Å². The Balaban J connectivity index is 2.22. The summed E-state index contributed by atoms with van der Waals surface area (Å²) in [5.41, 5.74) is 8.65. The lowest BCUT2D eigenvalue weighted by Gasteiger charge is -2.19. The van der Waals surface area contributed by atoms with Gasteiger partial charge < -0.3 is 10.8 Å². The van der Waals surface area contributed by atoms with Crippen LogP contribution >= 0.6 is 0 Å². The zero-order valence-corrected chi connectivity index (χ0v) is 10.4. The predicted octanol–water partition coefficient (Wildman–Crippen LogP) is 1.91. The van der Waals surface area contributed by atoms with Crippen molar-refractivity contribution in [2.75, 3.05) is 0 Å². The third-order valence-corrected chi connectivity index (χ3v) is 3.52. The highest BCUT2D eigenvalue weighted by atomic mass is 16.4. The number of carboxylic acid groups (broad SMARTS) is 1. The fourth-order valence-corrected chi connectivity index (χ4v) is 2.67. The Bertz CT molecular complexity index is 619. The van der Waals surface area contributed by atoms with Crippen molar-refractivity contribution >= 4 is 5.97 Å². The van der Waals surface area contributed by atoms with Crippen molar-refractivity contribution in [2.24, 2.45) is 5.73 Å². The molecule has 0 fully saturated rings. The van der Waals surface area contributed by atoms with E-state index >= 15 is 0 Å². The summed E-state index contributed by atoms with van der Waals surface area (Å²) in [7, 11) is 0. The van der Waals surface area contributed by atoms with Gasteiger partial charge in [-0.05, 0) is 31.4 Å². The SMILES string of the molecule is NC1CCCc2c1c(C(=O)O)nn2-c1ccccc1. The Kier molecular flexibility index (Phi) is 2.83. The molecular weight excluding hydrogens is 242 g/mol. The summed E-state index contributed by atoms with van der Waals surface area (Å²) >= 11 is 0. The van der Waals surface area contributed by atoms with Crippen LogP contribution in [0.4, 0.5) is 0 Å². The summed E-state index contributed by atoms with van der Waals surface area (Å²) in [5, 5.41) is 13.5. The van der Waals surface area contributed by atoms with Gasteiger partial charge in [-0.3, -0.25) is 0 Å². The van der Waals surface area contributed by atoms with Crippen molar-refractivity contribution in [3.05, 3.63) is 47.3 Å². The number of hydrogen-bond acceptors (Lipinski definition) is 3. The maximum absolute atomic E-state index is 11.3. The van der Waals surface area contributed by atoms with E-state index in [4.69, 9.17) is 5.73 Å². The number of rotatable bonds is 2. The first kappa shape index (κ1) is 11.9. The van der Waals surface area contributed by atoms with E-state index in [1.807, 2.05) is 30.3 Å². The monoisotopic (exact) mass is 257 g/mol. The molecule has 3 N–H and O–H groups in total. The van der Waals surface area contributed by atoms with Crippen molar-refractivity contribution in [3.63, 3.8) is 0 Å². The number of carbonyl (C=O) groups is 1. The molecule has 0 saturated heterocycles. The van der Waals surface area contributed by atoms with Crippen LogP contribution in [-0.4, -0.2) is 20.9 Å². The van der Waals surface area contributed by atoms with Crippen LogP contribution in [0, 0.1) is 0 Å². The number of nitrogens with zero attached hydrogens (tertiary/aromatic N) is 2. The van der Waals surface area contributed by atoms with Crippen LogP contribution in [-0.2, 0) is 6.42 Å². The topological polar surface area (TPSA) is 81.1 Å². The van der Waals surface area contributed by atoms with Gasteiger partial charge in [0.15, 0.2) is 5.69 Å². The molecule has 1 aliphatic carbocycles. The number of aromatic carboxylic acids is 1. The van der Waals surface area contributed by atoms with Crippen molar-refractivity contribution in [3.8, 4) is 5.69 Å². The third kappa shape index (κ3) is 1.92. The van der Waals surface area contributed by atoms with E-state index in [2.05, 4.69) is 5.10 Å². The summed E-state index contributed by atoms with van der Waals surface area (Å²) in [6.45, 7) is 0. The molecule has 0 spiro atoms. The summed E-state index contributed by atoms with van der Waals surface area (Å²) in [5.74, 6) is -1.01. The molecule has 1 heterocycles. The van der Waals surface area contributed by atoms with Gasteiger partial charge in [-0.2, -0.15) is 5.10 Å². The van der Waals surface area contributed by atoms with Gasteiger partial charge in [-0.25, -0.2) is 9.48 Å². The van der Waals surface area contributed by atoms with Gasteiger partial charge in [0.1, 0.15) is 0 Å². The minimum absolute atomic E-state index is 0.0889. The van der Waals surface area contributed by atoms with E-state index in [9.17, 15) is 9.90 Å². The van der Waals surface area contributed by atoms with Gasteiger partial charge >= 0.3 is 5.97 Å². The Morgan fingerprint density at radius 1 is 1.37 bits per heavy atom. The number of fused-ring (bicyclic) bond motifs is 1. The number of benzene rings is 1. The lowest BCUT2D eigenvalue weighted by atomic mass is 9.91. The molecule has 1 unspecified atom stereocenters. The van der Waals surface area contributed by atoms with Crippen LogP contribution in [0.15, 0.2) is 30.3 Å². The van der Waals surface area contributed by atoms with E-state index in [0.29, 0.717) is 5.56 Å². The first-order valence-electron chi connectivity index (χ1n) is 6.34. The van der Waals surface area contributed by atoms with E-state index in [0.717, 1.165) is 30.6 Å². The maximum atomic E-state index is 11.3. The molecule has 1 aliphatic rings. The van der Waals surface area contributed by atoms with Gasteiger partial charge in [0.05, 0.1) is 5.69 Å². The zero-order chi connectivity index (χ0) is 13.4. The molecule has 0 radical (unpaired) electrons. The molecule has 2 aromatic rings. The summed E-state index contributed by atoms with van der Waals surface area (Å²) in [4.78, 5) is 11.3. The van der Waals surface area contributed by atoms with Crippen LogP contribution in [0.2, 0.25) is 0 Å². The molecule has 1 aromatic heterocycles. The van der Waals surface area contributed by atoms with E-state index in [1.54, 1.807) is 4.68 Å². The zero-order valence-electron chi connectivity index (χ0n) is 10.4. The molecule has 1 aromatic carbocycles. The van der Waals surface area contributed by atoms with Gasteiger partial charge in [0.2, 0.25) is 0 Å². The molecule has 0 aliphatic heterocycles. The van der Waals surface area contributed by atoms with Crippen molar-refractivity contribution < 1.29 is 9.90 Å². The molecule has 1 atom stereocenters. The van der Waals surface area contributed by atoms with Crippen molar-refractivity contribution in [1.29, 1.82) is 0 Å². The number of aromatic nitrogens is 2. The van der Waals surface area contributed by atoms with E-state index < -0.39 is 5.97 Å². The third-order valence-electron chi connectivity index (χ3n) is 3.52.